The molecule has 3 aliphatic rings. The van der Waals surface area contributed by atoms with Gasteiger partial charge in [0.2, 0.25) is 0 Å². The van der Waals surface area contributed by atoms with E-state index in [4.69, 9.17) is 0 Å². The zero-order valence-electron chi connectivity index (χ0n) is 21.8. The Hall–Kier alpha value is 0. The monoisotopic (exact) mass is 389 g/mol. The lowest BCUT2D eigenvalue weighted by molar-refractivity contribution is 0.0164. The summed E-state index contributed by atoms with van der Waals surface area (Å²) in [6.07, 6.45) is 11.8. The molecule has 2 bridgehead atoms. The lowest BCUT2D eigenvalue weighted by atomic mass is 9.55. The van der Waals surface area contributed by atoms with Crippen LogP contribution in [-0.2, 0) is 0 Å². The minimum atomic E-state index is 0. The summed E-state index contributed by atoms with van der Waals surface area (Å²) < 4.78 is 0. The highest BCUT2D eigenvalue weighted by molar-refractivity contribution is 4.94. The summed E-state index contributed by atoms with van der Waals surface area (Å²) in [6, 6.07) is 0. The van der Waals surface area contributed by atoms with Gasteiger partial charge in [-0.3, -0.25) is 0 Å². The van der Waals surface area contributed by atoms with Gasteiger partial charge in [-0.15, -0.1) is 0 Å². The maximum Gasteiger partial charge on any atom is -0.0325 e. The summed E-state index contributed by atoms with van der Waals surface area (Å²) in [5.41, 5.74) is 1.52. The molecule has 3 aliphatic carbocycles. The van der Waals surface area contributed by atoms with Gasteiger partial charge in [0.1, 0.15) is 0 Å². The molecule has 3 saturated carbocycles. The van der Waals surface area contributed by atoms with Crippen LogP contribution in [0.1, 0.15) is 156 Å². The van der Waals surface area contributed by atoms with Crippen LogP contribution in [-0.4, -0.2) is 0 Å². The van der Waals surface area contributed by atoms with Gasteiger partial charge in [0.25, 0.3) is 0 Å². The van der Waals surface area contributed by atoms with Gasteiger partial charge in [-0.2, -0.15) is 0 Å². The Bertz CT molecular complexity index is 186. The SMILES string of the molecule is C.CC.CC.CC.CC.CC(C)CCC(C)C.CC12CCC(C)(CC1)CC2. The number of rotatable bonds is 3. The molecule has 3 rings (SSSR count). The fraction of sp³-hybridized carbons (Fsp3) is 1.00. The van der Waals surface area contributed by atoms with Crippen LogP contribution in [0, 0.1) is 22.7 Å². The second-order valence-corrected chi connectivity index (χ2v) is 8.49. The summed E-state index contributed by atoms with van der Waals surface area (Å²) in [5.74, 6) is 1.77. The van der Waals surface area contributed by atoms with Gasteiger partial charge in [0, 0.05) is 0 Å². The van der Waals surface area contributed by atoms with Crippen LogP contribution in [0.25, 0.3) is 0 Å². The molecule has 0 amide bonds. The van der Waals surface area contributed by atoms with E-state index in [2.05, 4.69) is 41.5 Å². The summed E-state index contributed by atoms with van der Waals surface area (Å²) in [7, 11) is 0. The third-order valence-electron chi connectivity index (χ3n) is 5.32. The highest BCUT2D eigenvalue weighted by Gasteiger charge is 2.42. The molecule has 0 radical (unpaired) electrons. The molecule has 0 heteroatoms. The van der Waals surface area contributed by atoms with Crippen molar-refractivity contribution >= 4 is 0 Å². The third kappa shape index (κ3) is 22.2. The maximum atomic E-state index is 2.48. The first-order chi connectivity index (χ1) is 12.2. The average molecular weight is 389 g/mol. The van der Waals surface area contributed by atoms with Crippen molar-refractivity contribution in [2.75, 3.05) is 0 Å². The Balaban J connectivity index is -0.0000000862. The van der Waals surface area contributed by atoms with E-state index in [9.17, 15) is 0 Å². The molecule has 0 atom stereocenters. The minimum absolute atomic E-state index is 0. The van der Waals surface area contributed by atoms with Crippen molar-refractivity contribution in [2.24, 2.45) is 22.7 Å². The van der Waals surface area contributed by atoms with Gasteiger partial charge in [-0.1, -0.05) is 117 Å². The lowest BCUT2D eigenvalue weighted by Gasteiger charge is -2.50. The van der Waals surface area contributed by atoms with Crippen molar-refractivity contribution in [1.82, 2.24) is 0 Å². The number of hydrogen-bond donors (Lipinski definition) is 0. The summed E-state index contributed by atoms with van der Waals surface area (Å²) in [5, 5.41) is 0. The fourth-order valence-corrected chi connectivity index (χ4v) is 3.23. The van der Waals surface area contributed by atoms with Gasteiger partial charge < -0.3 is 0 Å². The van der Waals surface area contributed by atoms with Gasteiger partial charge in [-0.05, 0) is 61.2 Å². The van der Waals surface area contributed by atoms with E-state index in [0.717, 1.165) is 22.7 Å². The first-order valence-corrected chi connectivity index (χ1v) is 12.2. The van der Waals surface area contributed by atoms with Crippen molar-refractivity contribution in [1.29, 1.82) is 0 Å². The van der Waals surface area contributed by atoms with E-state index in [-0.39, 0.29) is 7.43 Å². The van der Waals surface area contributed by atoms with Gasteiger partial charge >= 0.3 is 0 Å². The molecule has 172 valence electrons. The fourth-order valence-electron chi connectivity index (χ4n) is 3.23. The van der Waals surface area contributed by atoms with Crippen molar-refractivity contribution in [3.05, 3.63) is 0 Å². The standard InChI is InChI=1S/C10H18.C8H18.4C2H6.CH4/c1-9-3-6-10(2,7-4-9)8-5-9;1-7(2)5-6-8(3)4;4*1-2;/h3-8H2,1-2H3;7-8H,5-6H2,1-4H3;4*1-2H3;1H4. The van der Waals surface area contributed by atoms with Crippen LogP contribution in [0.5, 0.6) is 0 Å². The molecular formula is C27H64. The second-order valence-electron chi connectivity index (χ2n) is 8.49. The molecule has 0 N–H and O–H groups in total. The van der Waals surface area contributed by atoms with Crippen molar-refractivity contribution in [3.63, 3.8) is 0 Å². The number of hydrogen-bond acceptors (Lipinski definition) is 0. The zero-order valence-corrected chi connectivity index (χ0v) is 21.8. The normalized spacial score (nSPS) is 24.0. The minimum Gasteiger partial charge on any atom is -0.0776 e. The smallest absolute Gasteiger partial charge is 0.0325 e. The molecule has 27 heavy (non-hydrogen) atoms. The molecule has 0 aromatic rings. The van der Waals surface area contributed by atoms with E-state index in [1.165, 1.54) is 51.4 Å². The van der Waals surface area contributed by atoms with E-state index in [1.807, 2.05) is 55.4 Å². The van der Waals surface area contributed by atoms with Crippen molar-refractivity contribution in [3.8, 4) is 0 Å². The van der Waals surface area contributed by atoms with E-state index >= 15 is 0 Å². The van der Waals surface area contributed by atoms with Crippen LogP contribution in [0.15, 0.2) is 0 Å². The van der Waals surface area contributed by atoms with Crippen LogP contribution in [0.2, 0.25) is 0 Å². The molecule has 0 saturated heterocycles. The maximum absolute atomic E-state index is 2.48. The molecular weight excluding hydrogens is 324 g/mol. The van der Waals surface area contributed by atoms with E-state index in [0.29, 0.717) is 0 Å². The molecule has 0 nitrogen and oxygen atoms in total. The topological polar surface area (TPSA) is 0 Å². The highest BCUT2D eigenvalue weighted by atomic mass is 14.5. The Morgan fingerprint density at radius 2 is 0.630 bits per heavy atom. The van der Waals surface area contributed by atoms with Crippen LogP contribution < -0.4 is 0 Å². The van der Waals surface area contributed by atoms with E-state index < -0.39 is 0 Å². The quantitative estimate of drug-likeness (QED) is 0.450. The Morgan fingerprint density at radius 1 is 0.481 bits per heavy atom. The Morgan fingerprint density at radius 3 is 0.741 bits per heavy atom. The number of fused-ring (bicyclic) bond motifs is 3. The Labute approximate surface area is 178 Å². The summed E-state index contributed by atoms with van der Waals surface area (Å²) in [6.45, 7) is 30.1. The predicted octanol–water partition coefficient (Wildman–Crippen LogP) is 11.2. The molecule has 0 aromatic heterocycles. The first kappa shape index (κ1) is 37.7. The zero-order chi connectivity index (χ0) is 21.8. The van der Waals surface area contributed by atoms with Crippen LogP contribution >= 0.6 is 0 Å². The largest absolute Gasteiger partial charge is 0.0776 e. The molecule has 3 fully saturated rings. The highest BCUT2D eigenvalue weighted by Crippen LogP contribution is 2.56. The van der Waals surface area contributed by atoms with Gasteiger partial charge in [0.15, 0.2) is 0 Å². The summed E-state index contributed by atoms with van der Waals surface area (Å²) >= 11 is 0. The van der Waals surface area contributed by atoms with Gasteiger partial charge in [-0.25, -0.2) is 0 Å². The van der Waals surface area contributed by atoms with Crippen LogP contribution in [0.3, 0.4) is 0 Å². The van der Waals surface area contributed by atoms with Crippen molar-refractivity contribution in [2.45, 2.75) is 156 Å². The molecule has 0 aliphatic heterocycles. The Kier molecular flexibility index (Phi) is 33.6. The second kappa shape index (κ2) is 24.0. The lowest BCUT2D eigenvalue weighted by Crippen LogP contribution is -2.37. The molecule has 0 unspecified atom stereocenters. The summed E-state index contributed by atoms with van der Waals surface area (Å²) in [4.78, 5) is 0. The molecule has 0 spiro atoms. The molecule has 0 heterocycles. The first-order valence-electron chi connectivity index (χ1n) is 12.2. The van der Waals surface area contributed by atoms with Gasteiger partial charge in [0.05, 0.1) is 0 Å². The molecule has 0 aromatic carbocycles. The third-order valence-corrected chi connectivity index (χ3v) is 5.32. The van der Waals surface area contributed by atoms with Crippen LogP contribution in [0.4, 0.5) is 0 Å². The van der Waals surface area contributed by atoms with E-state index in [1.54, 1.807) is 0 Å². The van der Waals surface area contributed by atoms with Crippen molar-refractivity contribution < 1.29 is 0 Å². The predicted molar refractivity (Wildman–Crippen MR) is 135 cm³/mol. The average Bonchev–Trinajstić information content (AvgIpc) is 2.68.